The summed E-state index contributed by atoms with van der Waals surface area (Å²) in [6.45, 7) is 9.01. The zero-order chi connectivity index (χ0) is 17.6. The molecule has 1 unspecified atom stereocenters. The minimum atomic E-state index is -1.01. The van der Waals surface area contributed by atoms with E-state index in [2.05, 4.69) is 0 Å². The normalized spacial score (nSPS) is 12.1. The Balaban J connectivity index is 3.21. The first kappa shape index (κ1) is 19.0. The molecule has 128 valence electrons. The lowest BCUT2D eigenvalue weighted by Crippen LogP contribution is -2.33. The van der Waals surface area contributed by atoms with Gasteiger partial charge in [0.25, 0.3) is 0 Å². The van der Waals surface area contributed by atoms with Crippen LogP contribution in [-0.2, 0) is 9.59 Å². The number of rotatable bonds is 8. The molecule has 0 aliphatic heterocycles. The Bertz CT molecular complexity index is 550. The van der Waals surface area contributed by atoms with Gasteiger partial charge in [-0.3, -0.25) is 9.59 Å². The second-order valence-electron chi connectivity index (χ2n) is 5.82. The van der Waals surface area contributed by atoms with Crippen LogP contribution < -0.4 is 4.74 Å². The highest BCUT2D eigenvalue weighted by Gasteiger charge is 2.28. The van der Waals surface area contributed by atoms with Crippen molar-refractivity contribution in [3.63, 3.8) is 0 Å². The number of ether oxygens (including phenoxy) is 1. The maximum Gasteiger partial charge on any atom is 0.311 e. The Morgan fingerprint density at radius 2 is 1.83 bits per heavy atom. The molecule has 1 N–H and O–H groups in total. The SMILES string of the molecule is CCN(CC)C(=O)CC(C(=O)O)c1cc(C(C)C)ccc1OC. The summed E-state index contributed by atoms with van der Waals surface area (Å²) in [4.78, 5) is 25.7. The van der Waals surface area contributed by atoms with Crippen molar-refractivity contribution in [2.24, 2.45) is 0 Å². The summed E-state index contributed by atoms with van der Waals surface area (Å²) >= 11 is 0. The topological polar surface area (TPSA) is 66.8 Å². The number of hydrogen-bond acceptors (Lipinski definition) is 3. The molecule has 5 heteroatoms. The van der Waals surface area contributed by atoms with Crippen molar-refractivity contribution in [3.05, 3.63) is 29.3 Å². The summed E-state index contributed by atoms with van der Waals surface area (Å²) in [6.07, 6.45) is -0.0606. The fourth-order valence-electron chi connectivity index (χ4n) is 2.59. The molecule has 0 aromatic heterocycles. The maximum absolute atomic E-state index is 12.3. The summed E-state index contributed by atoms with van der Waals surface area (Å²) in [5.74, 6) is -1.29. The second kappa shape index (κ2) is 8.56. The van der Waals surface area contributed by atoms with E-state index >= 15 is 0 Å². The lowest BCUT2D eigenvalue weighted by atomic mass is 9.90. The Morgan fingerprint density at radius 3 is 2.26 bits per heavy atom. The van der Waals surface area contributed by atoms with Crippen LogP contribution in [0.3, 0.4) is 0 Å². The molecular formula is C18H27NO4. The average molecular weight is 321 g/mol. The van der Waals surface area contributed by atoms with E-state index in [4.69, 9.17) is 4.74 Å². The van der Waals surface area contributed by atoms with Gasteiger partial charge in [-0.05, 0) is 31.4 Å². The molecular weight excluding hydrogens is 294 g/mol. The maximum atomic E-state index is 12.3. The monoisotopic (exact) mass is 321 g/mol. The summed E-state index contributed by atoms with van der Waals surface area (Å²) in [6, 6.07) is 5.55. The average Bonchev–Trinajstić information content (AvgIpc) is 2.52. The van der Waals surface area contributed by atoms with Crippen LogP contribution in [0.15, 0.2) is 18.2 Å². The van der Waals surface area contributed by atoms with Gasteiger partial charge in [0.1, 0.15) is 5.75 Å². The van der Waals surface area contributed by atoms with Gasteiger partial charge in [-0.2, -0.15) is 0 Å². The van der Waals surface area contributed by atoms with Crippen LogP contribution in [0.2, 0.25) is 0 Å². The Labute approximate surface area is 138 Å². The van der Waals surface area contributed by atoms with E-state index in [0.29, 0.717) is 24.4 Å². The molecule has 0 radical (unpaired) electrons. The van der Waals surface area contributed by atoms with E-state index < -0.39 is 11.9 Å². The Hall–Kier alpha value is -2.04. The van der Waals surface area contributed by atoms with Crippen molar-refractivity contribution in [2.45, 2.75) is 46.0 Å². The highest BCUT2D eigenvalue weighted by atomic mass is 16.5. The third kappa shape index (κ3) is 4.71. The van der Waals surface area contributed by atoms with Gasteiger partial charge in [0.05, 0.1) is 13.0 Å². The molecule has 0 spiro atoms. The Morgan fingerprint density at radius 1 is 1.22 bits per heavy atom. The van der Waals surface area contributed by atoms with Crippen LogP contribution in [0.1, 0.15) is 57.1 Å². The molecule has 0 aliphatic carbocycles. The van der Waals surface area contributed by atoms with Crippen molar-refractivity contribution in [3.8, 4) is 5.75 Å². The number of carbonyl (C=O) groups excluding carboxylic acids is 1. The molecule has 23 heavy (non-hydrogen) atoms. The zero-order valence-corrected chi connectivity index (χ0v) is 14.6. The molecule has 0 aliphatic rings. The third-order valence-corrected chi connectivity index (χ3v) is 4.09. The number of aliphatic carboxylic acids is 1. The molecule has 0 bridgehead atoms. The minimum Gasteiger partial charge on any atom is -0.496 e. The van der Waals surface area contributed by atoms with E-state index in [1.54, 1.807) is 11.0 Å². The van der Waals surface area contributed by atoms with Crippen LogP contribution in [0.4, 0.5) is 0 Å². The van der Waals surface area contributed by atoms with E-state index in [1.807, 2.05) is 39.8 Å². The first-order valence-corrected chi connectivity index (χ1v) is 8.04. The number of benzene rings is 1. The van der Waals surface area contributed by atoms with Gasteiger partial charge < -0.3 is 14.7 Å². The van der Waals surface area contributed by atoms with E-state index in [1.165, 1.54) is 7.11 Å². The highest BCUT2D eigenvalue weighted by Crippen LogP contribution is 2.32. The van der Waals surface area contributed by atoms with Gasteiger partial charge in [-0.15, -0.1) is 0 Å². The van der Waals surface area contributed by atoms with Crippen molar-refractivity contribution in [1.29, 1.82) is 0 Å². The highest BCUT2D eigenvalue weighted by molar-refractivity contribution is 5.86. The number of hydrogen-bond donors (Lipinski definition) is 1. The van der Waals surface area contributed by atoms with E-state index in [0.717, 1.165) is 5.56 Å². The van der Waals surface area contributed by atoms with E-state index in [-0.39, 0.29) is 18.2 Å². The lowest BCUT2D eigenvalue weighted by Gasteiger charge is -2.22. The molecule has 1 aromatic rings. The minimum absolute atomic E-state index is 0.0606. The van der Waals surface area contributed by atoms with Gasteiger partial charge in [0.2, 0.25) is 5.91 Å². The van der Waals surface area contributed by atoms with Crippen molar-refractivity contribution in [1.82, 2.24) is 4.90 Å². The van der Waals surface area contributed by atoms with Crippen LogP contribution in [0, 0.1) is 0 Å². The van der Waals surface area contributed by atoms with Crippen LogP contribution >= 0.6 is 0 Å². The summed E-state index contributed by atoms with van der Waals surface area (Å²) in [5.41, 5.74) is 1.59. The zero-order valence-electron chi connectivity index (χ0n) is 14.6. The quantitative estimate of drug-likeness (QED) is 0.798. The molecule has 0 fully saturated rings. The first-order chi connectivity index (χ1) is 10.8. The van der Waals surface area contributed by atoms with Crippen LogP contribution in [0.5, 0.6) is 5.75 Å². The predicted molar refractivity (Wildman–Crippen MR) is 90.0 cm³/mol. The smallest absolute Gasteiger partial charge is 0.311 e. The molecule has 0 saturated heterocycles. The second-order valence-corrected chi connectivity index (χ2v) is 5.82. The molecule has 5 nitrogen and oxygen atoms in total. The molecule has 1 aromatic carbocycles. The van der Waals surface area contributed by atoms with Gasteiger partial charge >= 0.3 is 5.97 Å². The van der Waals surface area contributed by atoms with Crippen molar-refractivity contribution < 1.29 is 19.4 Å². The van der Waals surface area contributed by atoms with Crippen molar-refractivity contribution in [2.75, 3.05) is 20.2 Å². The summed E-state index contributed by atoms with van der Waals surface area (Å²) in [7, 11) is 1.51. The fraction of sp³-hybridized carbons (Fsp3) is 0.556. The van der Waals surface area contributed by atoms with E-state index in [9.17, 15) is 14.7 Å². The number of nitrogens with zero attached hydrogens (tertiary/aromatic N) is 1. The summed E-state index contributed by atoms with van der Waals surface area (Å²) in [5, 5.41) is 9.63. The number of methoxy groups -OCH3 is 1. The first-order valence-electron chi connectivity index (χ1n) is 8.04. The van der Waals surface area contributed by atoms with Crippen LogP contribution in [0.25, 0.3) is 0 Å². The summed E-state index contributed by atoms with van der Waals surface area (Å²) < 4.78 is 5.32. The molecule has 1 atom stereocenters. The van der Waals surface area contributed by atoms with Gasteiger partial charge in [-0.25, -0.2) is 0 Å². The standard InChI is InChI=1S/C18H27NO4/c1-6-19(7-2)17(20)11-15(18(21)22)14-10-13(12(3)4)8-9-16(14)23-5/h8-10,12,15H,6-7,11H2,1-5H3,(H,21,22). The van der Waals surface area contributed by atoms with Gasteiger partial charge in [-0.1, -0.05) is 26.0 Å². The third-order valence-electron chi connectivity index (χ3n) is 4.09. The number of carboxylic acid groups (broad SMARTS) is 1. The molecule has 1 amide bonds. The van der Waals surface area contributed by atoms with Gasteiger partial charge in [0, 0.05) is 25.1 Å². The van der Waals surface area contributed by atoms with Gasteiger partial charge in [0.15, 0.2) is 0 Å². The lowest BCUT2D eigenvalue weighted by molar-refractivity contribution is -0.142. The number of carbonyl (C=O) groups is 2. The van der Waals surface area contributed by atoms with Crippen molar-refractivity contribution >= 4 is 11.9 Å². The number of amides is 1. The molecule has 0 saturated carbocycles. The molecule has 1 rings (SSSR count). The predicted octanol–water partition coefficient (Wildman–Crippen LogP) is 3.25. The Kier molecular flexibility index (Phi) is 7.07. The number of carboxylic acids is 1. The molecule has 0 heterocycles. The fourth-order valence-corrected chi connectivity index (χ4v) is 2.59. The van der Waals surface area contributed by atoms with Crippen LogP contribution in [-0.4, -0.2) is 42.1 Å². The largest absolute Gasteiger partial charge is 0.496 e.